The van der Waals surface area contributed by atoms with Crippen LogP contribution in [0.5, 0.6) is 0 Å². The van der Waals surface area contributed by atoms with Crippen molar-refractivity contribution in [2.75, 3.05) is 0 Å². The quantitative estimate of drug-likeness (QED) is 0.172. The van der Waals surface area contributed by atoms with E-state index in [1.165, 1.54) is 0 Å². The zero-order valence-corrected chi connectivity index (χ0v) is 41.8. The topological polar surface area (TPSA) is 154 Å². The summed E-state index contributed by atoms with van der Waals surface area (Å²) in [5, 5.41) is 1.99. The number of carbonyl (C=O) groups excluding carboxylic acids is 9. The molecule has 0 aliphatic heterocycles. The third-order valence-electron chi connectivity index (χ3n) is 14.4. The van der Waals surface area contributed by atoms with Crippen LogP contribution < -0.4 is 0 Å². The van der Waals surface area contributed by atoms with Gasteiger partial charge in [-0.15, -0.1) is 0 Å². The van der Waals surface area contributed by atoms with Crippen LogP contribution in [0.25, 0.3) is 10.8 Å². The highest BCUT2D eigenvalue weighted by molar-refractivity contribution is 6.09. The molecule has 9 nitrogen and oxygen atoms in total. The minimum Gasteiger partial charge on any atom is -0.299 e. The van der Waals surface area contributed by atoms with Gasteiger partial charge in [-0.05, 0) is 34.7 Å². The maximum atomic E-state index is 14.7. The number of benzene rings is 4. The van der Waals surface area contributed by atoms with E-state index in [1.54, 1.807) is 118 Å². The van der Waals surface area contributed by atoms with Crippen molar-refractivity contribution in [2.24, 2.45) is 45.3 Å². The highest BCUT2D eigenvalue weighted by atomic mass is 16.2. The van der Waals surface area contributed by atoms with Crippen LogP contribution in [0, 0.1) is 45.3 Å². The molecule has 0 amide bonds. The summed E-state index contributed by atoms with van der Waals surface area (Å²) in [6.07, 6.45) is -1.07. The largest absolute Gasteiger partial charge is 0.299 e. The van der Waals surface area contributed by atoms with E-state index in [-0.39, 0.29) is 116 Å². The van der Waals surface area contributed by atoms with Gasteiger partial charge in [-0.1, -0.05) is 166 Å². The van der Waals surface area contributed by atoms with Crippen molar-refractivity contribution in [1.82, 2.24) is 0 Å². The normalized spacial score (nSPS) is 23.9. The third-order valence-corrected chi connectivity index (χ3v) is 14.4. The number of Topliss-reactive ketones (excluding diaryl/α,β-unsaturated/α-hetero) is 8. The molecule has 1 aliphatic rings. The first-order valence-corrected chi connectivity index (χ1v) is 24.1. The summed E-state index contributed by atoms with van der Waals surface area (Å²) in [7, 11) is 0. The van der Waals surface area contributed by atoms with E-state index in [2.05, 4.69) is 0 Å². The van der Waals surface area contributed by atoms with Crippen molar-refractivity contribution >= 4 is 62.8 Å². The summed E-state index contributed by atoms with van der Waals surface area (Å²) in [6.45, 7) is 16.6. The molecule has 68 heavy (non-hydrogen) atoms. The Morgan fingerprint density at radius 3 is 1.22 bits per heavy atom. The average Bonchev–Trinajstić information content (AvgIpc) is 3.27. The van der Waals surface area contributed by atoms with E-state index in [1.807, 2.05) is 48.5 Å². The van der Waals surface area contributed by atoms with Gasteiger partial charge in [0.05, 0.1) is 0 Å². The summed E-state index contributed by atoms with van der Waals surface area (Å²) in [6, 6.07) is 29.5. The highest BCUT2D eigenvalue weighted by Gasteiger charge is 2.42. The molecule has 0 heterocycles. The van der Waals surface area contributed by atoms with E-state index in [0.717, 1.165) is 16.3 Å². The SMILES string of the molecule is CC1CC(=O)C(C)(C)CC(=O)C(C)CC(=O)C(C)(C)CC(=O)C(Cc2ccc3ccccc3c2)CC(=O)C(C)(C)CC(=O)C(Cc2ccc(C(=O)c3ccccc3)cc2)CC(=O)C(C)(C)CC1=O. The Labute approximate surface area is 402 Å². The smallest absolute Gasteiger partial charge is 0.193 e. The van der Waals surface area contributed by atoms with Crippen LogP contribution in [-0.2, 0) is 51.2 Å². The van der Waals surface area contributed by atoms with Gasteiger partial charge in [0.15, 0.2) is 5.78 Å². The van der Waals surface area contributed by atoms with E-state index < -0.39 is 45.3 Å². The van der Waals surface area contributed by atoms with Crippen LogP contribution in [0.15, 0.2) is 97.1 Å². The lowest BCUT2D eigenvalue weighted by Gasteiger charge is -2.31. The third kappa shape index (κ3) is 13.7. The van der Waals surface area contributed by atoms with E-state index >= 15 is 0 Å². The summed E-state index contributed by atoms with van der Waals surface area (Å²) >= 11 is 0. The first-order chi connectivity index (χ1) is 31.7. The van der Waals surface area contributed by atoms with Gasteiger partial charge in [0.1, 0.15) is 46.3 Å². The first kappa shape index (κ1) is 53.1. The molecule has 4 unspecified atom stereocenters. The fourth-order valence-corrected chi connectivity index (χ4v) is 9.19. The zero-order valence-electron chi connectivity index (χ0n) is 41.8. The highest BCUT2D eigenvalue weighted by Crippen LogP contribution is 2.37. The molecule has 4 aromatic rings. The van der Waals surface area contributed by atoms with Crippen LogP contribution in [-0.4, -0.2) is 52.0 Å². The van der Waals surface area contributed by atoms with Crippen LogP contribution >= 0.6 is 0 Å². The average molecular weight is 923 g/mol. The number of ketones is 9. The van der Waals surface area contributed by atoms with E-state index in [0.29, 0.717) is 16.7 Å². The molecular weight excluding hydrogens is 853 g/mol. The molecule has 0 aromatic heterocycles. The summed E-state index contributed by atoms with van der Waals surface area (Å²) in [5.74, 6) is -5.77. The maximum absolute atomic E-state index is 14.7. The minimum atomic E-state index is -1.26. The van der Waals surface area contributed by atoms with Gasteiger partial charge in [-0.2, -0.15) is 0 Å². The summed E-state index contributed by atoms with van der Waals surface area (Å²) < 4.78 is 0. The second-order valence-corrected chi connectivity index (χ2v) is 22.3. The van der Waals surface area contributed by atoms with Crippen LogP contribution in [0.3, 0.4) is 0 Å². The summed E-state index contributed by atoms with van der Waals surface area (Å²) in [5.41, 5.74) is -2.27. The second-order valence-electron chi connectivity index (χ2n) is 22.3. The van der Waals surface area contributed by atoms with Crippen LogP contribution in [0.4, 0.5) is 0 Å². The van der Waals surface area contributed by atoms with Gasteiger partial charge >= 0.3 is 0 Å². The minimum absolute atomic E-state index is 0.127. The van der Waals surface area contributed by atoms with Gasteiger partial charge in [0, 0.05) is 108 Å². The van der Waals surface area contributed by atoms with E-state index in [9.17, 15) is 43.2 Å². The Balaban J connectivity index is 1.51. The molecule has 5 rings (SSSR count). The summed E-state index contributed by atoms with van der Waals surface area (Å²) in [4.78, 5) is 126. The standard InChI is InChI=1S/C59H70O9/c1-37-26-51(64)56(3,4)33-47(60)38(2)27-52(65)58(7,8)35-50(63)46(30-40-22-23-41-16-14-15-19-44(41)29-40)32-54(67)59(9,10)36-49(62)45(31-53(66)57(5,6)34-48(37)61)28-39-20-24-43(25-21-39)55(68)42-17-12-11-13-18-42/h11-25,29,37-38,45-46H,26-28,30-36H2,1-10H3. The fraction of sp³-hybridized carbons (Fsp3) is 0.475. The molecule has 1 fully saturated rings. The molecule has 1 saturated carbocycles. The molecule has 0 radical (unpaired) electrons. The predicted molar refractivity (Wildman–Crippen MR) is 265 cm³/mol. The van der Waals surface area contributed by atoms with Gasteiger partial charge in [-0.3, -0.25) is 43.2 Å². The van der Waals surface area contributed by atoms with Crippen LogP contribution in [0.1, 0.15) is 148 Å². The van der Waals surface area contributed by atoms with Crippen LogP contribution in [0.2, 0.25) is 0 Å². The number of fused-ring (bicyclic) bond motifs is 1. The lowest BCUT2D eigenvalue weighted by atomic mass is 9.71. The molecule has 4 aromatic carbocycles. The van der Waals surface area contributed by atoms with Gasteiger partial charge in [0.25, 0.3) is 0 Å². The molecular formula is C59H70O9. The fourth-order valence-electron chi connectivity index (χ4n) is 9.19. The Morgan fingerprint density at radius 2 is 0.765 bits per heavy atom. The van der Waals surface area contributed by atoms with Crippen molar-refractivity contribution < 1.29 is 43.2 Å². The number of hydrogen-bond donors (Lipinski definition) is 0. The molecule has 4 atom stereocenters. The Bertz CT molecular complexity index is 2570. The zero-order chi connectivity index (χ0) is 50.4. The molecule has 0 N–H and O–H groups in total. The molecule has 0 spiro atoms. The predicted octanol–water partition coefficient (Wildman–Crippen LogP) is 11.2. The Morgan fingerprint density at radius 1 is 0.412 bits per heavy atom. The van der Waals surface area contributed by atoms with Crippen molar-refractivity contribution in [3.63, 3.8) is 0 Å². The Hall–Kier alpha value is -5.83. The molecule has 9 heteroatoms. The Kier molecular flexibility index (Phi) is 16.9. The molecule has 0 bridgehead atoms. The lowest BCUT2D eigenvalue weighted by Crippen LogP contribution is -2.38. The van der Waals surface area contributed by atoms with Gasteiger partial charge in [0.2, 0.25) is 0 Å². The molecule has 360 valence electrons. The van der Waals surface area contributed by atoms with Gasteiger partial charge in [-0.25, -0.2) is 0 Å². The number of carbonyl (C=O) groups is 9. The van der Waals surface area contributed by atoms with Gasteiger partial charge < -0.3 is 0 Å². The van der Waals surface area contributed by atoms with Crippen molar-refractivity contribution in [3.8, 4) is 0 Å². The number of hydrogen-bond acceptors (Lipinski definition) is 9. The molecule has 0 saturated heterocycles. The second kappa shape index (κ2) is 21.6. The van der Waals surface area contributed by atoms with Crippen molar-refractivity contribution in [2.45, 2.75) is 133 Å². The van der Waals surface area contributed by atoms with Crippen molar-refractivity contribution in [3.05, 3.63) is 119 Å². The van der Waals surface area contributed by atoms with E-state index in [4.69, 9.17) is 0 Å². The number of rotatable bonds is 6. The first-order valence-electron chi connectivity index (χ1n) is 24.1. The monoisotopic (exact) mass is 923 g/mol. The maximum Gasteiger partial charge on any atom is 0.193 e. The van der Waals surface area contributed by atoms with Crippen molar-refractivity contribution in [1.29, 1.82) is 0 Å². The lowest BCUT2D eigenvalue weighted by molar-refractivity contribution is -0.140. The molecule has 1 aliphatic carbocycles.